The minimum atomic E-state index is -0.542. The molecule has 1 aliphatic heterocycles. The van der Waals surface area contributed by atoms with Crippen molar-refractivity contribution >= 4 is 33.3 Å². The topological polar surface area (TPSA) is 26.3 Å². The maximum atomic E-state index is 13.5. The summed E-state index contributed by atoms with van der Waals surface area (Å²) in [6.45, 7) is -0.0714. The second-order valence-electron chi connectivity index (χ2n) is 2.98. The average molecular weight is 279 g/mol. The lowest BCUT2D eigenvalue weighted by atomic mass is 10.1. The van der Waals surface area contributed by atoms with Crippen molar-refractivity contribution in [2.45, 2.75) is 6.42 Å². The molecule has 0 N–H and O–H groups in total. The van der Waals surface area contributed by atoms with Gasteiger partial charge in [-0.15, -0.1) is 0 Å². The summed E-state index contributed by atoms with van der Waals surface area (Å²) in [4.78, 5) is 11.0. The molecule has 0 saturated heterocycles. The highest BCUT2D eigenvalue weighted by Gasteiger charge is 2.23. The van der Waals surface area contributed by atoms with E-state index in [4.69, 9.17) is 16.3 Å². The molecule has 1 aromatic carbocycles. The molecule has 74 valence electrons. The van der Waals surface area contributed by atoms with E-state index in [1.165, 1.54) is 0 Å². The van der Waals surface area contributed by atoms with Crippen LogP contribution in [0.2, 0.25) is 5.02 Å². The maximum absolute atomic E-state index is 13.5. The van der Waals surface area contributed by atoms with E-state index in [9.17, 15) is 9.18 Å². The molecule has 1 aromatic rings. The second kappa shape index (κ2) is 3.51. The Morgan fingerprint density at radius 1 is 1.57 bits per heavy atom. The predicted molar refractivity (Wildman–Crippen MR) is 53.3 cm³/mol. The van der Waals surface area contributed by atoms with Crippen molar-refractivity contribution in [1.82, 2.24) is 0 Å². The first-order chi connectivity index (χ1) is 6.59. The minimum absolute atomic E-state index is 0.0714. The molecule has 0 fully saturated rings. The fraction of sp³-hybridized carbons (Fsp3) is 0.222. The van der Waals surface area contributed by atoms with Crippen molar-refractivity contribution in [3.05, 3.63) is 26.9 Å². The minimum Gasteiger partial charge on any atom is -0.482 e. The zero-order valence-electron chi connectivity index (χ0n) is 6.94. The lowest BCUT2D eigenvalue weighted by Crippen LogP contribution is -2.21. The molecule has 1 heterocycles. The lowest BCUT2D eigenvalue weighted by molar-refractivity contribution is -0.121. The number of ketones is 1. The van der Waals surface area contributed by atoms with E-state index in [-0.39, 0.29) is 34.1 Å². The largest absolute Gasteiger partial charge is 0.482 e. The maximum Gasteiger partial charge on any atom is 0.181 e. The summed E-state index contributed by atoms with van der Waals surface area (Å²) in [5.41, 5.74) is 0.506. The van der Waals surface area contributed by atoms with Crippen molar-refractivity contribution in [3.63, 3.8) is 0 Å². The Hall–Kier alpha value is -0.610. The van der Waals surface area contributed by atoms with Crippen LogP contribution in [0.25, 0.3) is 0 Å². The van der Waals surface area contributed by atoms with Crippen LogP contribution in [0.3, 0.4) is 0 Å². The van der Waals surface area contributed by atoms with Crippen LogP contribution in [-0.2, 0) is 11.2 Å². The molecule has 0 aromatic heterocycles. The molecule has 2 rings (SSSR count). The fourth-order valence-electron chi connectivity index (χ4n) is 1.33. The summed E-state index contributed by atoms with van der Waals surface area (Å²) in [5, 5.41) is 0.250. The van der Waals surface area contributed by atoms with Crippen LogP contribution in [0.4, 0.5) is 4.39 Å². The van der Waals surface area contributed by atoms with Crippen molar-refractivity contribution in [1.29, 1.82) is 0 Å². The zero-order valence-corrected chi connectivity index (χ0v) is 9.28. The van der Waals surface area contributed by atoms with E-state index in [2.05, 4.69) is 15.9 Å². The molecule has 14 heavy (non-hydrogen) atoms. The van der Waals surface area contributed by atoms with Crippen molar-refractivity contribution < 1.29 is 13.9 Å². The molecule has 2 nitrogen and oxygen atoms in total. The van der Waals surface area contributed by atoms with E-state index in [1.54, 1.807) is 6.07 Å². The SMILES string of the molecule is O=C1COc2c(cc(Cl)c(Br)c2F)C1. The van der Waals surface area contributed by atoms with Gasteiger partial charge < -0.3 is 4.74 Å². The van der Waals surface area contributed by atoms with Gasteiger partial charge in [0.15, 0.2) is 17.3 Å². The molecule has 0 spiro atoms. The summed E-state index contributed by atoms with van der Waals surface area (Å²) in [6, 6.07) is 1.54. The summed E-state index contributed by atoms with van der Waals surface area (Å²) in [5.74, 6) is -0.490. The van der Waals surface area contributed by atoms with Gasteiger partial charge in [0.25, 0.3) is 0 Å². The fourth-order valence-corrected chi connectivity index (χ4v) is 1.84. The van der Waals surface area contributed by atoms with Gasteiger partial charge in [-0.2, -0.15) is 0 Å². The van der Waals surface area contributed by atoms with E-state index >= 15 is 0 Å². The van der Waals surface area contributed by atoms with Crippen molar-refractivity contribution in [2.75, 3.05) is 6.61 Å². The third-order valence-corrected chi connectivity index (χ3v) is 3.26. The molecule has 0 unspecified atom stereocenters. The number of ether oxygens (including phenoxy) is 1. The standard InChI is InChI=1S/C9H5BrClFO2/c10-7-6(11)2-4-1-5(13)3-14-9(4)8(7)12/h2H,1,3H2. The lowest BCUT2D eigenvalue weighted by Gasteiger charge is -2.17. The Bertz CT molecular complexity index is 420. The molecule has 0 atom stereocenters. The molecule has 0 aliphatic carbocycles. The molecule has 0 radical (unpaired) electrons. The monoisotopic (exact) mass is 278 g/mol. The third kappa shape index (κ3) is 1.53. The molecule has 0 amide bonds. The van der Waals surface area contributed by atoms with Crippen molar-refractivity contribution in [2.24, 2.45) is 0 Å². The van der Waals surface area contributed by atoms with Crippen LogP contribution in [0.1, 0.15) is 5.56 Å². The smallest absolute Gasteiger partial charge is 0.181 e. The van der Waals surface area contributed by atoms with E-state index in [0.29, 0.717) is 5.56 Å². The van der Waals surface area contributed by atoms with Gasteiger partial charge in [-0.25, -0.2) is 4.39 Å². The number of hydrogen-bond donors (Lipinski definition) is 0. The second-order valence-corrected chi connectivity index (χ2v) is 4.18. The van der Waals surface area contributed by atoms with Gasteiger partial charge in [-0.3, -0.25) is 4.79 Å². The molecular weight excluding hydrogens is 274 g/mol. The van der Waals surface area contributed by atoms with Crippen LogP contribution in [0.5, 0.6) is 5.75 Å². The molecule has 0 saturated carbocycles. The van der Waals surface area contributed by atoms with Gasteiger partial charge in [-0.1, -0.05) is 11.6 Å². The van der Waals surface area contributed by atoms with Gasteiger partial charge >= 0.3 is 0 Å². The third-order valence-electron chi connectivity index (χ3n) is 1.96. The van der Waals surface area contributed by atoms with Crippen LogP contribution in [-0.4, -0.2) is 12.4 Å². The van der Waals surface area contributed by atoms with Gasteiger partial charge in [0, 0.05) is 12.0 Å². The Morgan fingerprint density at radius 2 is 2.29 bits per heavy atom. The normalized spacial score (nSPS) is 14.9. The molecule has 0 bridgehead atoms. The van der Waals surface area contributed by atoms with Gasteiger partial charge in [0.05, 0.1) is 9.50 Å². The molecule has 1 aliphatic rings. The zero-order chi connectivity index (χ0) is 10.3. The first-order valence-corrected chi connectivity index (χ1v) is 5.07. The number of rotatable bonds is 0. The number of hydrogen-bond acceptors (Lipinski definition) is 2. The highest BCUT2D eigenvalue weighted by Crippen LogP contribution is 2.36. The van der Waals surface area contributed by atoms with E-state index in [1.807, 2.05) is 0 Å². The van der Waals surface area contributed by atoms with Gasteiger partial charge in [0.1, 0.15) is 6.61 Å². The van der Waals surface area contributed by atoms with Crippen LogP contribution >= 0.6 is 27.5 Å². The highest BCUT2D eigenvalue weighted by molar-refractivity contribution is 9.10. The summed E-state index contributed by atoms with van der Waals surface area (Å²) in [6.07, 6.45) is 0.180. The highest BCUT2D eigenvalue weighted by atomic mass is 79.9. The molecule has 5 heteroatoms. The van der Waals surface area contributed by atoms with Crippen LogP contribution in [0, 0.1) is 5.82 Å². The predicted octanol–water partition coefficient (Wildman–Crippen LogP) is 2.75. The van der Waals surface area contributed by atoms with E-state index in [0.717, 1.165) is 0 Å². The van der Waals surface area contributed by atoms with Crippen LogP contribution in [0.15, 0.2) is 10.5 Å². The van der Waals surface area contributed by atoms with Crippen molar-refractivity contribution in [3.8, 4) is 5.75 Å². The number of fused-ring (bicyclic) bond motifs is 1. The Kier molecular flexibility index (Phi) is 2.49. The first-order valence-electron chi connectivity index (χ1n) is 3.90. The Morgan fingerprint density at radius 3 is 3.00 bits per heavy atom. The van der Waals surface area contributed by atoms with Gasteiger partial charge in [-0.05, 0) is 22.0 Å². The summed E-state index contributed by atoms with van der Waals surface area (Å²) < 4.78 is 18.7. The summed E-state index contributed by atoms with van der Waals surface area (Å²) >= 11 is 8.75. The number of carbonyl (C=O) groups excluding carboxylic acids is 1. The average Bonchev–Trinajstić information content (AvgIpc) is 2.14. The first kappa shape index (κ1) is 9.93. The summed E-state index contributed by atoms with van der Waals surface area (Å²) in [7, 11) is 0. The number of halogens is 3. The number of Topliss-reactive ketones (excluding diaryl/α,β-unsaturated/α-hetero) is 1. The number of carbonyl (C=O) groups is 1. The Balaban J connectivity index is 2.59. The Labute approximate surface area is 93.1 Å². The van der Waals surface area contributed by atoms with E-state index < -0.39 is 5.82 Å². The molecular formula is C9H5BrClFO2. The quantitative estimate of drug-likeness (QED) is 0.683. The van der Waals surface area contributed by atoms with Crippen LogP contribution < -0.4 is 4.74 Å². The van der Waals surface area contributed by atoms with Gasteiger partial charge in [0.2, 0.25) is 0 Å². The number of benzene rings is 1.